The van der Waals surface area contributed by atoms with E-state index in [1.165, 1.54) is 32.2 Å². The fourth-order valence-electron chi connectivity index (χ4n) is 2.20. The minimum absolute atomic E-state index is 0. The zero-order valence-electron chi connectivity index (χ0n) is 11.0. The summed E-state index contributed by atoms with van der Waals surface area (Å²) in [6.45, 7) is 2.47. The summed E-state index contributed by atoms with van der Waals surface area (Å²) >= 11 is 5.66. The molecule has 6 heteroatoms. The highest BCUT2D eigenvalue weighted by Gasteiger charge is 2.11. The quantitative estimate of drug-likeness (QED) is 0.821. The van der Waals surface area contributed by atoms with Crippen LogP contribution in [0.3, 0.4) is 0 Å². The molecule has 2 rings (SSSR count). The molecule has 19 heavy (non-hydrogen) atoms. The second-order valence-corrected chi connectivity index (χ2v) is 5.08. The van der Waals surface area contributed by atoms with E-state index < -0.39 is 0 Å². The number of ether oxygens (including phenoxy) is 1. The van der Waals surface area contributed by atoms with Crippen molar-refractivity contribution in [3.63, 3.8) is 0 Å². The highest BCUT2D eigenvalue weighted by atomic mass is 35.5. The third-order valence-corrected chi connectivity index (χ3v) is 3.39. The number of hydrogen-bond acceptors (Lipinski definition) is 4. The van der Waals surface area contributed by atoms with E-state index in [-0.39, 0.29) is 12.4 Å². The van der Waals surface area contributed by atoms with Gasteiger partial charge in [0.25, 0.3) is 0 Å². The van der Waals surface area contributed by atoms with Gasteiger partial charge >= 0.3 is 0 Å². The Morgan fingerprint density at radius 1 is 1.32 bits per heavy atom. The molecule has 1 saturated heterocycles. The lowest BCUT2D eigenvalue weighted by molar-refractivity contribution is 0.111. The Morgan fingerprint density at radius 2 is 2.21 bits per heavy atom. The molecule has 1 N–H and O–H groups in total. The van der Waals surface area contributed by atoms with E-state index in [2.05, 4.69) is 15.5 Å². The van der Waals surface area contributed by atoms with Crippen molar-refractivity contribution in [2.45, 2.75) is 44.8 Å². The molecule has 1 aromatic heterocycles. The molecule has 0 bridgehead atoms. The highest BCUT2D eigenvalue weighted by Crippen LogP contribution is 2.12. The van der Waals surface area contributed by atoms with E-state index in [9.17, 15) is 0 Å². The van der Waals surface area contributed by atoms with Gasteiger partial charge in [0.15, 0.2) is 5.15 Å². The number of hydrogen-bond donors (Lipinski definition) is 1. The summed E-state index contributed by atoms with van der Waals surface area (Å²) in [7, 11) is 0. The first kappa shape index (κ1) is 16.6. The van der Waals surface area contributed by atoms with Crippen LogP contribution in [0.25, 0.3) is 0 Å². The van der Waals surface area contributed by atoms with Gasteiger partial charge in [-0.05, 0) is 44.4 Å². The van der Waals surface area contributed by atoms with Crippen molar-refractivity contribution in [3.05, 3.63) is 23.0 Å². The average molecular weight is 306 g/mol. The summed E-state index contributed by atoms with van der Waals surface area (Å²) in [6, 6.07) is 4.27. The monoisotopic (exact) mass is 305 g/mol. The van der Waals surface area contributed by atoms with Gasteiger partial charge in [-0.3, -0.25) is 0 Å². The SMILES string of the molecule is Cl.Clc1ccc(COCCCC2CCCCN2)nn1. The van der Waals surface area contributed by atoms with Gasteiger partial charge < -0.3 is 10.1 Å². The Kier molecular flexibility index (Phi) is 8.30. The maximum Gasteiger partial charge on any atom is 0.151 e. The average Bonchev–Trinajstić information content (AvgIpc) is 2.42. The molecule has 1 aliphatic rings. The molecule has 0 radical (unpaired) electrons. The fourth-order valence-corrected chi connectivity index (χ4v) is 2.30. The van der Waals surface area contributed by atoms with Gasteiger partial charge in [0.2, 0.25) is 0 Å². The largest absolute Gasteiger partial charge is 0.375 e. The van der Waals surface area contributed by atoms with Crippen molar-refractivity contribution in [1.82, 2.24) is 15.5 Å². The molecule has 0 aliphatic carbocycles. The first-order chi connectivity index (χ1) is 8.84. The molecular weight excluding hydrogens is 285 g/mol. The Morgan fingerprint density at radius 3 is 2.89 bits per heavy atom. The van der Waals surface area contributed by atoms with E-state index in [1.54, 1.807) is 6.07 Å². The van der Waals surface area contributed by atoms with Gasteiger partial charge in [-0.25, -0.2) is 0 Å². The van der Waals surface area contributed by atoms with E-state index in [1.807, 2.05) is 6.07 Å². The summed E-state index contributed by atoms with van der Waals surface area (Å²) in [4.78, 5) is 0. The summed E-state index contributed by atoms with van der Waals surface area (Å²) in [5, 5.41) is 11.7. The highest BCUT2D eigenvalue weighted by molar-refractivity contribution is 6.29. The van der Waals surface area contributed by atoms with Gasteiger partial charge in [0, 0.05) is 12.6 Å². The number of piperidine rings is 1. The lowest BCUT2D eigenvalue weighted by Crippen LogP contribution is -2.33. The maximum atomic E-state index is 5.66. The first-order valence-corrected chi connectivity index (χ1v) is 7.01. The van der Waals surface area contributed by atoms with Crippen molar-refractivity contribution in [1.29, 1.82) is 0 Å². The normalized spacial score (nSPS) is 18.9. The van der Waals surface area contributed by atoms with E-state index in [4.69, 9.17) is 16.3 Å². The lowest BCUT2D eigenvalue weighted by Gasteiger charge is -2.23. The molecule has 0 aromatic carbocycles. The van der Waals surface area contributed by atoms with Crippen molar-refractivity contribution in [3.8, 4) is 0 Å². The van der Waals surface area contributed by atoms with Crippen LogP contribution >= 0.6 is 24.0 Å². The number of halogens is 2. The minimum Gasteiger partial charge on any atom is -0.375 e. The van der Waals surface area contributed by atoms with E-state index >= 15 is 0 Å². The molecular formula is C13H21Cl2N3O. The number of nitrogens with one attached hydrogen (secondary N) is 1. The van der Waals surface area contributed by atoms with Crippen LogP contribution in [0.2, 0.25) is 5.15 Å². The fraction of sp³-hybridized carbons (Fsp3) is 0.692. The Bertz CT molecular complexity index is 342. The van der Waals surface area contributed by atoms with Crippen molar-refractivity contribution >= 4 is 24.0 Å². The third kappa shape index (κ3) is 6.52. The molecule has 2 heterocycles. The Balaban J connectivity index is 0.00000180. The van der Waals surface area contributed by atoms with Crippen molar-refractivity contribution in [2.24, 2.45) is 0 Å². The Labute approximate surface area is 125 Å². The van der Waals surface area contributed by atoms with Crippen molar-refractivity contribution < 1.29 is 4.74 Å². The van der Waals surface area contributed by atoms with E-state index in [0.29, 0.717) is 17.8 Å². The number of rotatable bonds is 6. The van der Waals surface area contributed by atoms with Crippen molar-refractivity contribution in [2.75, 3.05) is 13.2 Å². The summed E-state index contributed by atoms with van der Waals surface area (Å²) in [5.74, 6) is 0. The van der Waals surface area contributed by atoms with Crippen LogP contribution in [0.15, 0.2) is 12.1 Å². The minimum atomic E-state index is 0. The predicted octanol–water partition coefficient (Wildman–Crippen LogP) is 2.99. The van der Waals surface area contributed by atoms with Crippen LogP contribution in [0.5, 0.6) is 0 Å². The first-order valence-electron chi connectivity index (χ1n) is 6.64. The lowest BCUT2D eigenvalue weighted by atomic mass is 10.0. The standard InChI is InChI=1S/C13H20ClN3O.ClH/c14-13-7-6-12(16-17-13)10-18-9-3-5-11-4-1-2-8-15-11;/h6-7,11,15H,1-5,8-10H2;1H. The number of nitrogens with zero attached hydrogens (tertiary/aromatic N) is 2. The summed E-state index contributed by atoms with van der Waals surface area (Å²) in [6.07, 6.45) is 6.29. The zero-order chi connectivity index (χ0) is 12.6. The molecule has 1 aromatic rings. The summed E-state index contributed by atoms with van der Waals surface area (Å²) < 4.78 is 5.58. The third-order valence-electron chi connectivity index (χ3n) is 3.19. The Hall–Kier alpha value is -0.420. The van der Waals surface area contributed by atoms with Gasteiger partial charge in [0.05, 0.1) is 12.3 Å². The summed E-state index contributed by atoms with van der Waals surface area (Å²) in [5.41, 5.74) is 0.829. The van der Waals surface area contributed by atoms with Crippen LogP contribution in [0, 0.1) is 0 Å². The van der Waals surface area contributed by atoms with Crippen LogP contribution < -0.4 is 5.32 Å². The second kappa shape index (κ2) is 9.48. The van der Waals surface area contributed by atoms with E-state index in [0.717, 1.165) is 18.7 Å². The molecule has 4 nitrogen and oxygen atoms in total. The van der Waals surface area contributed by atoms with Crippen LogP contribution in [-0.2, 0) is 11.3 Å². The second-order valence-electron chi connectivity index (χ2n) is 4.69. The van der Waals surface area contributed by atoms with Gasteiger partial charge in [-0.1, -0.05) is 18.0 Å². The molecule has 0 saturated carbocycles. The zero-order valence-corrected chi connectivity index (χ0v) is 12.6. The van der Waals surface area contributed by atoms with Crippen LogP contribution in [0.4, 0.5) is 0 Å². The van der Waals surface area contributed by atoms with Gasteiger partial charge in [-0.2, -0.15) is 5.10 Å². The molecule has 1 atom stereocenters. The number of aromatic nitrogens is 2. The molecule has 0 spiro atoms. The van der Waals surface area contributed by atoms with Gasteiger partial charge in [-0.15, -0.1) is 17.5 Å². The topological polar surface area (TPSA) is 47.0 Å². The molecule has 1 aliphatic heterocycles. The maximum absolute atomic E-state index is 5.66. The molecule has 1 unspecified atom stereocenters. The molecule has 1 fully saturated rings. The molecule has 108 valence electrons. The predicted molar refractivity (Wildman–Crippen MR) is 78.8 cm³/mol. The molecule has 0 amide bonds. The smallest absolute Gasteiger partial charge is 0.151 e. The van der Waals surface area contributed by atoms with Crippen LogP contribution in [0.1, 0.15) is 37.8 Å². The van der Waals surface area contributed by atoms with Crippen LogP contribution in [-0.4, -0.2) is 29.4 Å². The van der Waals surface area contributed by atoms with Gasteiger partial charge in [0.1, 0.15) is 0 Å².